The summed E-state index contributed by atoms with van der Waals surface area (Å²) >= 11 is 0. The van der Waals surface area contributed by atoms with E-state index in [-0.39, 0.29) is 6.03 Å². The van der Waals surface area contributed by atoms with Gasteiger partial charge in [-0.15, -0.1) is 0 Å². The molecule has 27 heavy (non-hydrogen) atoms. The van der Waals surface area contributed by atoms with Gasteiger partial charge in [0.2, 0.25) is 0 Å². The van der Waals surface area contributed by atoms with E-state index >= 15 is 0 Å². The van der Waals surface area contributed by atoms with E-state index in [4.69, 9.17) is 0 Å². The summed E-state index contributed by atoms with van der Waals surface area (Å²) in [5.74, 6) is 0. The molecule has 1 aliphatic rings. The lowest BCUT2D eigenvalue weighted by molar-refractivity contribution is 0.222. The topological polar surface area (TPSA) is 49.6 Å². The third kappa shape index (κ3) is 5.09. The van der Waals surface area contributed by atoms with Gasteiger partial charge in [0.15, 0.2) is 0 Å². The number of hydrogen-bond acceptors (Lipinski definition) is 2. The normalized spacial score (nSPS) is 12.7. The number of nitrogens with one attached hydrogen (secondary N) is 1. The van der Waals surface area contributed by atoms with Crippen LogP contribution in [0.5, 0.6) is 0 Å². The van der Waals surface area contributed by atoms with Crippen LogP contribution in [0.3, 0.4) is 0 Å². The third-order valence-corrected chi connectivity index (χ3v) is 4.17. The summed E-state index contributed by atoms with van der Waals surface area (Å²) in [6, 6.07) is 13.8. The van der Waals surface area contributed by atoms with Gasteiger partial charge in [-0.25, -0.2) is 9.78 Å². The molecule has 3 aromatic rings. The fourth-order valence-electron chi connectivity index (χ4n) is 2.93. The van der Waals surface area contributed by atoms with Crippen molar-refractivity contribution in [2.45, 2.75) is 40.5 Å². The molecule has 0 aliphatic carbocycles. The predicted octanol–water partition coefficient (Wildman–Crippen LogP) is 5.68. The molecule has 0 saturated carbocycles. The Kier molecular flexibility index (Phi) is 7.86. The molecule has 1 fully saturated rings. The number of carbonyl (C=O) groups excluding carboxylic acids is 1. The number of anilines is 1. The van der Waals surface area contributed by atoms with Crippen molar-refractivity contribution in [1.29, 1.82) is 0 Å². The van der Waals surface area contributed by atoms with Gasteiger partial charge in [0, 0.05) is 42.8 Å². The van der Waals surface area contributed by atoms with Crippen LogP contribution in [0.4, 0.5) is 10.5 Å². The quantitative estimate of drug-likeness (QED) is 0.634. The summed E-state index contributed by atoms with van der Waals surface area (Å²) in [6.07, 6.45) is 6.10. The van der Waals surface area contributed by atoms with E-state index < -0.39 is 0 Å². The number of likely N-dealkylation sites (tertiary alicyclic amines) is 1. The van der Waals surface area contributed by atoms with Gasteiger partial charge in [-0.3, -0.25) is 0 Å². The van der Waals surface area contributed by atoms with E-state index in [0.29, 0.717) is 0 Å². The minimum atomic E-state index is -0.0262. The van der Waals surface area contributed by atoms with Crippen LogP contribution in [0.15, 0.2) is 54.9 Å². The van der Waals surface area contributed by atoms with Gasteiger partial charge in [0.25, 0.3) is 0 Å². The van der Waals surface area contributed by atoms with E-state index in [1.807, 2.05) is 91.9 Å². The van der Waals surface area contributed by atoms with E-state index in [1.165, 1.54) is 0 Å². The molecule has 1 N–H and O–H groups in total. The van der Waals surface area contributed by atoms with Crippen molar-refractivity contribution >= 4 is 17.4 Å². The highest BCUT2D eigenvalue weighted by Gasteiger charge is 2.17. The standard InChI is InChI=1S/C18H18N4O.2C2H6/c23-18(21-9-4-5-10-21)19-15-8-11-22-13-16(20-17(22)12-15)14-6-2-1-3-7-14;2*1-2/h1-3,6-8,11-13H,4-5,9-10H2,(H,19,23);2*1-2H3. The number of amides is 2. The van der Waals surface area contributed by atoms with E-state index in [0.717, 1.165) is 48.5 Å². The van der Waals surface area contributed by atoms with Crippen LogP contribution >= 0.6 is 0 Å². The molecule has 0 atom stereocenters. The summed E-state index contributed by atoms with van der Waals surface area (Å²) in [4.78, 5) is 18.7. The van der Waals surface area contributed by atoms with Crippen LogP contribution in [0.25, 0.3) is 16.9 Å². The van der Waals surface area contributed by atoms with Crippen LogP contribution in [0.2, 0.25) is 0 Å². The van der Waals surface area contributed by atoms with Crippen LogP contribution in [-0.2, 0) is 0 Å². The number of imidazole rings is 1. The zero-order chi connectivity index (χ0) is 19.6. The van der Waals surface area contributed by atoms with Gasteiger partial charge in [-0.1, -0.05) is 58.0 Å². The summed E-state index contributed by atoms with van der Waals surface area (Å²) in [5, 5.41) is 2.96. The lowest BCUT2D eigenvalue weighted by atomic mass is 10.2. The minimum absolute atomic E-state index is 0.0262. The first-order valence-electron chi connectivity index (χ1n) is 9.90. The average Bonchev–Trinajstić information content (AvgIpc) is 3.41. The van der Waals surface area contributed by atoms with Crippen molar-refractivity contribution in [3.05, 3.63) is 54.9 Å². The number of rotatable bonds is 2. The van der Waals surface area contributed by atoms with Crippen molar-refractivity contribution < 1.29 is 4.79 Å². The molecule has 5 heteroatoms. The fraction of sp³-hybridized carbons (Fsp3) is 0.364. The number of fused-ring (bicyclic) bond motifs is 1. The van der Waals surface area contributed by atoms with Crippen LogP contribution < -0.4 is 5.32 Å². The van der Waals surface area contributed by atoms with E-state index in [1.54, 1.807) is 0 Å². The maximum Gasteiger partial charge on any atom is 0.321 e. The Labute approximate surface area is 162 Å². The molecule has 1 aromatic carbocycles. The van der Waals surface area contributed by atoms with Gasteiger partial charge in [-0.2, -0.15) is 0 Å². The second-order valence-corrected chi connectivity index (χ2v) is 5.80. The van der Waals surface area contributed by atoms with Crippen LogP contribution in [0.1, 0.15) is 40.5 Å². The highest BCUT2D eigenvalue weighted by molar-refractivity contribution is 5.90. The lowest BCUT2D eigenvalue weighted by Gasteiger charge is -2.16. The highest BCUT2D eigenvalue weighted by Crippen LogP contribution is 2.21. The number of carbonyl (C=O) groups is 1. The number of nitrogens with zero attached hydrogens (tertiary/aromatic N) is 3. The van der Waals surface area contributed by atoms with Crippen LogP contribution in [-0.4, -0.2) is 33.4 Å². The van der Waals surface area contributed by atoms with Crippen molar-refractivity contribution in [3.63, 3.8) is 0 Å². The Bertz CT molecular complexity index is 836. The van der Waals surface area contributed by atoms with Crippen molar-refractivity contribution in [3.8, 4) is 11.3 Å². The van der Waals surface area contributed by atoms with Gasteiger partial charge in [0.1, 0.15) is 5.65 Å². The molecule has 0 unspecified atom stereocenters. The third-order valence-electron chi connectivity index (χ3n) is 4.17. The second-order valence-electron chi connectivity index (χ2n) is 5.80. The van der Waals surface area contributed by atoms with Crippen molar-refractivity contribution in [1.82, 2.24) is 14.3 Å². The maximum absolute atomic E-state index is 12.2. The predicted molar refractivity (Wildman–Crippen MR) is 113 cm³/mol. The first kappa shape index (κ1) is 20.5. The summed E-state index contributed by atoms with van der Waals surface area (Å²) in [5.41, 5.74) is 3.61. The van der Waals surface area contributed by atoms with Gasteiger partial charge in [-0.05, 0) is 18.9 Å². The number of hydrogen-bond donors (Lipinski definition) is 1. The van der Waals surface area contributed by atoms with Gasteiger partial charge in [0.05, 0.1) is 5.69 Å². The number of pyridine rings is 1. The Morgan fingerprint density at radius 2 is 1.67 bits per heavy atom. The summed E-state index contributed by atoms with van der Waals surface area (Å²) in [7, 11) is 0. The molecule has 0 bridgehead atoms. The largest absolute Gasteiger partial charge is 0.325 e. The van der Waals surface area contributed by atoms with Crippen molar-refractivity contribution in [2.75, 3.05) is 18.4 Å². The summed E-state index contributed by atoms with van der Waals surface area (Å²) < 4.78 is 1.97. The Morgan fingerprint density at radius 3 is 2.33 bits per heavy atom. The average molecular weight is 367 g/mol. The number of benzene rings is 1. The Balaban J connectivity index is 0.000000614. The smallest absolute Gasteiger partial charge is 0.321 e. The van der Waals surface area contributed by atoms with E-state index in [9.17, 15) is 4.79 Å². The molecule has 0 radical (unpaired) electrons. The fourth-order valence-corrected chi connectivity index (χ4v) is 2.93. The molecule has 5 nitrogen and oxygen atoms in total. The first-order chi connectivity index (χ1) is 13.3. The first-order valence-corrected chi connectivity index (χ1v) is 9.90. The maximum atomic E-state index is 12.2. The van der Waals surface area contributed by atoms with Crippen molar-refractivity contribution in [2.24, 2.45) is 0 Å². The second kappa shape index (κ2) is 10.4. The molecular formula is C22H30N4O. The number of aromatic nitrogens is 2. The highest BCUT2D eigenvalue weighted by atomic mass is 16.2. The summed E-state index contributed by atoms with van der Waals surface area (Å²) in [6.45, 7) is 9.69. The molecule has 144 valence electrons. The molecular weight excluding hydrogens is 336 g/mol. The molecule has 2 amide bonds. The zero-order valence-corrected chi connectivity index (χ0v) is 16.8. The SMILES string of the molecule is CC.CC.O=C(Nc1ccn2cc(-c3ccccc3)nc2c1)N1CCCC1. The zero-order valence-electron chi connectivity index (χ0n) is 16.8. The lowest BCUT2D eigenvalue weighted by Crippen LogP contribution is -2.32. The van der Waals surface area contributed by atoms with Crippen LogP contribution in [0, 0.1) is 0 Å². The molecule has 3 heterocycles. The number of urea groups is 1. The van der Waals surface area contributed by atoms with E-state index in [2.05, 4.69) is 10.3 Å². The molecule has 4 rings (SSSR count). The molecule has 1 aliphatic heterocycles. The van der Waals surface area contributed by atoms with Gasteiger partial charge >= 0.3 is 6.03 Å². The van der Waals surface area contributed by atoms with Gasteiger partial charge < -0.3 is 14.6 Å². The Morgan fingerprint density at radius 1 is 1.00 bits per heavy atom. The molecule has 0 spiro atoms. The Hall–Kier alpha value is -2.82. The minimum Gasteiger partial charge on any atom is -0.325 e. The monoisotopic (exact) mass is 366 g/mol. The molecule has 2 aromatic heterocycles. The molecule has 1 saturated heterocycles.